The second-order valence-corrected chi connectivity index (χ2v) is 7.19. The summed E-state index contributed by atoms with van der Waals surface area (Å²) in [5, 5.41) is 11.1. The van der Waals surface area contributed by atoms with Gasteiger partial charge >= 0.3 is 6.01 Å². The Labute approximate surface area is 184 Å². The van der Waals surface area contributed by atoms with Gasteiger partial charge in [-0.15, -0.1) is 5.10 Å². The number of nitrogens with zero attached hydrogens (tertiary/aromatic N) is 4. The summed E-state index contributed by atoms with van der Waals surface area (Å²) in [6.45, 7) is 0. The predicted molar refractivity (Wildman–Crippen MR) is 119 cm³/mol. The Morgan fingerprint density at radius 1 is 1.00 bits per heavy atom. The number of anilines is 1. The number of methoxy groups -OCH3 is 1. The van der Waals surface area contributed by atoms with Gasteiger partial charge in [-0.3, -0.25) is 9.79 Å². The molecule has 32 heavy (non-hydrogen) atoms. The van der Waals surface area contributed by atoms with Crippen LogP contribution in [0.1, 0.15) is 16.7 Å². The van der Waals surface area contributed by atoms with Gasteiger partial charge in [0.05, 0.1) is 12.8 Å². The Kier molecular flexibility index (Phi) is 5.17. The van der Waals surface area contributed by atoms with Crippen LogP contribution in [-0.2, 0) is 11.2 Å². The number of nitrogens with one attached hydrogen (secondary N) is 1. The standard InChI is InChI=1S/C24H19N5O3/c1-31-20-14-17(11-12-25-20)23-28-29-24(32-23)27-22-19(30)13-16-9-5-6-10-18(16)21(26-22)15-7-3-2-4-8-15/h2-12,14,22H,13H2,1H3,(H,27,29)/t22-/m1/s1. The highest BCUT2D eigenvalue weighted by Crippen LogP contribution is 2.25. The number of hydrogen-bond acceptors (Lipinski definition) is 8. The van der Waals surface area contributed by atoms with Crippen LogP contribution in [0.25, 0.3) is 11.5 Å². The van der Waals surface area contributed by atoms with Crippen LogP contribution in [0.3, 0.4) is 0 Å². The number of ketones is 1. The maximum Gasteiger partial charge on any atom is 0.317 e. The summed E-state index contributed by atoms with van der Waals surface area (Å²) in [5.74, 6) is 0.627. The molecule has 0 fully saturated rings. The fourth-order valence-corrected chi connectivity index (χ4v) is 3.57. The van der Waals surface area contributed by atoms with Crippen molar-refractivity contribution in [2.75, 3.05) is 12.4 Å². The van der Waals surface area contributed by atoms with Crippen molar-refractivity contribution in [3.8, 4) is 17.3 Å². The van der Waals surface area contributed by atoms with Crippen molar-refractivity contribution in [3.05, 3.63) is 89.6 Å². The van der Waals surface area contributed by atoms with Crippen molar-refractivity contribution < 1.29 is 13.9 Å². The first-order valence-corrected chi connectivity index (χ1v) is 10.1. The Hall–Kier alpha value is -4.33. The highest BCUT2D eigenvalue weighted by atomic mass is 16.5. The third kappa shape index (κ3) is 3.85. The number of carbonyl (C=O) groups excluding carboxylic acids is 1. The van der Waals surface area contributed by atoms with Crippen LogP contribution in [0.4, 0.5) is 6.01 Å². The van der Waals surface area contributed by atoms with Gasteiger partial charge in [-0.05, 0) is 11.6 Å². The number of hydrogen-bond donors (Lipinski definition) is 1. The molecule has 1 atom stereocenters. The minimum Gasteiger partial charge on any atom is -0.481 e. The number of rotatable bonds is 5. The van der Waals surface area contributed by atoms with E-state index in [1.54, 1.807) is 18.3 Å². The zero-order valence-corrected chi connectivity index (χ0v) is 17.2. The van der Waals surface area contributed by atoms with Gasteiger partial charge in [-0.1, -0.05) is 59.7 Å². The maximum absolute atomic E-state index is 13.0. The zero-order chi connectivity index (χ0) is 21.9. The van der Waals surface area contributed by atoms with Crippen molar-refractivity contribution in [3.63, 3.8) is 0 Å². The Morgan fingerprint density at radius 3 is 2.66 bits per heavy atom. The third-order valence-electron chi connectivity index (χ3n) is 5.12. The average molecular weight is 425 g/mol. The Morgan fingerprint density at radius 2 is 1.81 bits per heavy atom. The van der Waals surface area contributed by atoms with E-state index in [1.807, 2.05) is 54.6 Å². The molecule has 3 heterocycles. The predicted octanol–water partition coefficient (Wildman–Crippen LogP) is 3.54. The van der Waals surface area contributed by atoms with Crippen molar-refractivity contribution in [1.82, 2.24) is 15.2 Å². The molecule has 0 spiro atoms. The first-order chi connectivity index (χ1) is 15.7. The fraction of sp³-hybridized carbons (Fsp3) is 0.125. The van der Waals surface area contributed by atoms with Gasteiger partial charge in [-0.25, -0.2) is 4.98 Å². The van der Waals surface area contributed by atoms with Gasteiger partial charge in [0.2, 0.25) is 11.8 Å². The van der Waals surface area contributed by atoms with Crippen LogP contribution in [0.15, 0.2) is 82.3 Å². The number of carbonyl (C=O) groups is 1. The molecule has 0 bridgehead atoms. The van der Waals surface area contributed by atoms with E-state index in [1.165, 1.54) is 7.11 Å². The van der Waals surface area contributed by atoms with Crippen molar-refractivity contribution in [2.45, 2.75) is 12.6 Å². The number of Topliss-reactive ketones (excluding diaryl/α,β-unsaturated/α-hetero) is 1. The summed E-state index contributed by atoms with van der Waals surface area (Å²) in [6, 6.07) is 21.1. The second-order valence-electron chi connectivity index (χ2n) is 7.19. The van der Waals surface area contributed by atoms with Crippen molar-refractivity contribution in [1.29, 1.82) is 0 Å². The summed E-state index contributed by atoms with van der Waals surface area (Å²) >= 11 is 0. The molecular formula is C24H19N5O3. The highest BCUT2D eigenvalue weighted by molar-refractivity contribution is 6.16. The van der Waals surface area contributed by atoms with Gasteiger partial charge in [0.15, 0.2) is 11.9 Å². The van der Waals surface area contributed by atoms with Gasteiger partial charge in [-0.2, -0.15) is 0 Å². The van der Waals surface area contributed by atoms with Gasteiger partial charge in [0.1, 0.15) is 0 Å². The Bertz CT molecular complexity index is 1300. The first kappa shape index (κ1) is 19.6. The lowest BCUT2D eigenvalue weighted by Crippen LogP contribution is -2.29. The lowest BCUT2D eigenvalue weighted by Gasteiger charge is -2.11. The molecule has 1 aliphatic heterocycles. The van der Waals surface area contributed by atoms with Crippen LogP contribution in [0, 0.1) is 0 Å². The van der Waals surface area contributed by atoms with Gasteiger partial charge < -0.3 is 14.5 Å². The number of aliphatic imine (C=N–C) groups is 1. The lowest BCUT2D eigenvalue weighted by molar-refractivity contribution is -0.119. The van der Waals surface area contributed by atoms with Gasteiger partial charge in [0.25, 0.3) is 0 Å². The summed E-state index contributed by atoms with van der Waals surface area (Å²) < 4.78 is 10.9. The minimum atomic E-state index is -0.863. The summed E-state index contributed by atoms with van der Waals surface area (Å²) in [7, 11) is 1.53. The maximum atomic E-state index is 13.0. The van der Waals surface area contributed by atoms with Crippen molar-refractivity contribution in [2.24, 2.45) is 4.99 Å². The molecule has 5 rings (SSSR count). The summed E-state index contributed by atoms with van der Waals surface area (Å²) in [4.78, 5) is 21.9. The van der Waals surface area contributed by atoms with Crippen LogP contribution in [0.2, 0.25) is 0 Å². The number of benzene rings is 2. The van der Waals surface area contributed by atoms with E-state index in [9.17, 15) is 4.79 Å². The molecule has 8 nitrogen and oxygen atoms in total. The van der Waals surface area contributed by atoms with Crippen LogP contribution in [0.5, 0.6) is 5.88 Å². The molecule has 1 aliphatic rings. The van der Waals surface area contributed by atoms with Crippen LogP contribution in [-0.4, -0.2) is 40.0 Å². The number of aromatic nitrogens is 3. The molecule has 0 saturated carbocycles. The summed E-state index contributed by atoms with van der Waals surface area (Å²) in [5.41, 5.74) is 4.19. The number of ether oxygens (including phenoxy) is 1. The average Bonchev–Trinajstić information content (AvgIpc) is 3.26. The molecule has 4 aromatic rings. The largest absolute Gasteiger partial charge is 0.481 e. The van der Waals surface area contributed by atoms with E-state index >= 15 is 0 Å². The molecule has 158 valence electrons. The van der Waals surface area contributed by atoms with E-state index in [-0.39, 0.29) is 24.1 Å². The third-order valence-corrected chi connectivity index (χ3v) is 5.12. The Balaban J connectivity index is 1.48. The van der Waals surface area contributed by atoms with Gasteiger partial charge in [0, 0.05) is 35.4 Å². The van der Waals surface area contributed by atoms with Crippen LogP contribution >= 0.6 is 0 Å². The van der Waals surface area contributed by atoms with E-state index in [4.69, 9.17) is 14.1 Å². The fourth-order valence-electron chi connectivity index (χ4n) is 3.57. The normalized spacial score (nSPS) is 15.5. The molecule has 0 saturated heterocycles. The SMILES string of the molecule is COc1cc(-c2nnc(N[C@H]3N=C(c4ccccc4)c4ccccc4CC3=O)o2)ccn1. The molecule has 1 N–H and O–H groups in total. The summed E-state index contributed by atoms with van der Waals surface area (Å²) in [6.07, 6.45) is 0.974. The van der Waals surface area contributed by atoms with E-state index in [0.717, 1.165) is 22.4 Å². The highest BCUT2D eigenvalue weighted by Gasteiger charge is 2.27. The molecule has 2 aromatic heterocycles. The van der Waals surface area contributed by atoms with Crippen molar-refractivity contribution >= 4 is 17.5 Å². The molecule has 8 heteroatoms. The first-order valence-electron chi connectivity index (χ1n) is 10.1. The number of pyridine rings is 1. The lowest BCUT2D eigenvalue weighted by atomic mass is 9.96. The van der Waals surface area contributed by atoms with E-state index < -0.39 is 6.17 Å². The van der Waals surface area contributed by atoms with E-state index in [0.29, 0.717) is 11.4 Å². The monoisotopic (exact) mass is 425 g/mol. The van der Waals surface area contributed by atoms with Crippen LogP contribution < -0.4 is 10.1 Å². The smallest absolute Gasteiger partial charge is 0.317 e. The molecule has 0 aliphatic carbocycles. The quantitative estimate of drug-likeness (QED) is 0.522. The second kappa shape index (κ2) is 8.43. The molecule has 0 amide bonds. The topological polar surface area (TPSA) is 102 Å². The molecule has 0 unspecified atom stereocenters. The molecule has 2 aromatic carbocycles. The number of fused-ring (bicyclic) bond motifs is 1. The molecule has 0 radical (unpaired) electrons. The zero-order valence-electron chi connectivity index (χ0n) is 17.2. The van der Waals surface area contributed by atoms with E-state index in [2.05, 4.69) is 20.5 Å². The minimum absolute atomic E-state index is 0.0892. The molecular weight excluding hydrogens is 406 g/mol.